The molecule has 94 valence electrons. The van der Waals surface area contributed by atoms with Crippen molar-refractivity contribution in [1.29, 1.82) is 0 Å². The van der Waals surface area contributed by atoms with Crippen LogP contribution in [0.25, 0.3) is 0 Å². The highest BCUT2D eigenvalue weighted by Crippen LogP contribution is 2.27. The monoisotopic (exact) mass is 245 g/mol. The second-order valence-corrected chi connectivity index (χ2v) is 6.28. The highest BCUT2D eigenvalue weighted by molar-refractivity contribution is 8.01. The van der Waals surface area contributed by atoms with Crippen molar-refractivity contribution >= 4 is 17.7 Å². The zero-order valence-electron chi connectivity index (χ0n) is 10.7. The minimum absolute atomic E-state index is 0.0653. The largest absolute Gasteiger partial charge is 0.381 e. The number of amides is 1. The lowest BCUT2D eigenvalue weighted by atomic mass is 10.2. The van der Waals surface area contributed by atoms with E-state index in [2.05, 4.69) is 0 Å². The van der Waals surface area contributed by atoms with Gasteiger partial charge in [0, 0.05) is 31.6 Å². The Morgan fingerprint density at radius 1 is 1.31 bits per heavy atom. The van der Waals surface area contributed by atoms with Crippen molar-refractivity contribution in [2.24, 2.45) is 0 Å². The zero-order chi connectivity index (χ0) is 12.1. The Kier molecular flexibility index (Phi) is 5.62. The van der Waals surface area contributed by atoms with Crippen LogP contribution in [0.3, 0.4) is 0 Å². The summed E-state index contributed by atoms with van der Waals surface area (Å²) in [6.07, 6.45) is 2.15. The van der Waals surface area contributed by atoms with Crippen molar-refractivity contribution in [3.63, 3.8) is 0 Å². The fourth-order valence-corrected chi connectivity index (χ4v) is 3.02. The Morgan fingerprint density at radius 2 is 1.88 bits per heavy atom. The van der Waals surface area contributed by atoms with Gasteiger partial charge in [0.05, 0.1) is 5.25 Å². The summed E-state index contributed by atoms with van der Waals surface area (Å²) in [4.78, 5) is 13.9. The van der Waals surface area contributed by atoms with Gasteiger partial charge in [-0.2, -0.15) is 0 Å². The maximum absolute atomic E-state index is 12.0. The third-order valence-electron chi connectivity index (χ3n) is 3.03. The lowest BCUT2D eigenvalue weighted by Gasteiger charge is -2.28. The van der Waals surface area contributed by atoms with Crippen LogP contribution in [-0.4, -0.2) is 47.6 Å². The van der Waals surface area contributed by atoms with E-state index in [1.54, 1.807) is 11.8 Å². The highest BCUT2D eigenvalue weighted by Gasteiger charge is 2.24. The second kappa shape index (κ2) is 6.50. The molecule has 4 heteroatoms. The number of hydrogen-bond donors (Lipinski definition) is 0. The molecule has 0 aromatic carbocycles. The van der Waals surface area contributed by atoms with Crippen LogP contribution < -0.4 is 0 Å². The van der Waals surface area contributed by atoms with E-state index in [-0.39, 0.29) is 17.2 Å². The quantitative estimate of drug-likeness (QED) is 0.760. The molecule has 1 saturated heterocycles. The van der Waals surface area contributed by atoms with E-state index < -0.39 is 0 Å². The van der Waals surface area contributed by atoms with E-state index in [1.165, 1.54) is 0 Å². The molecule has 16 heavy (non-hydrogen) atoms. The Labute approximate surface area is 103 Å². The van der Waals surface area contributed by atoms with E-state index in [0.717, 1.165) is 26.1 Å². The van der Waals surface area contributed by atoms with Crippen LogP contribution in [0, 0.1) is 0 Å². The van der Waals surface area contributed by atoms with Crippen LogP contribution in [0.5, 0.6) is 0 Å². The van der Waals surface area contributed by atoms with Crippen molar-refractivity contribution in [3.8, 4) is 0 Å². The van der Waals surface area contributed by atoms with Gasteiger partial charge in [0.1, 0.15) is 0 Å². The predicted octanol–water partition coefficient (Wildman–Crippen LogP) is 2.15. The van der Waals surface area contributed by atoms with Crippen molar-refractivity contribution in [1.82, 2.24) is 4.90 Å². The van der Waals surface area contributed by atoms with Crippen LogP contribution in [0.4, 0.5) is 0 Å². The Hall–Kier alpha value is -0.220. The molecule has 0 spiro atoms. The number of thioether (sulfide) groups is 1. The molecule has 3 nitrogen and oxygen atoms in total. The van der Waals surface area contributed by atoms with E-state index >= 15 is 0 Å². The van der Waals surface area contributed by atoms with Gasteiger partial charge in [-0.25, -0.2) is 0 Å². The molecule has 1 atom stereocenters. The molecule has 0 N–H and O–H groups in total. The van der Waals surface area contributed by atoms with Crippen LogP contribution in [0.2, 0.25) is 0 Å². The molecule has 0 bridgehead atoms. The van der Waals surface area contributed by atoms with E-state index in [0.29, 0.717) is 5.25 Å². The Balaban J connectivity index is 2.38. The Morgan fingerprint density at radius 3 is 2.38 bits per heavy atom. The van der Waals surface area contributed by atoms with Gasteiger partial charge in [-0.15, -0.1) is 11.8 Å². The Bertz CT molecular complexity index is 227. The first-order chi connectivity index (χ1) is 7.52. The topological polar surface area (TPSA) is 29.5 Å². The predicted molar refractivity (Wildman–Crippen MR) is 68.8 cm³/mol. The molecule has 1 amide bonds. The molecule has 1 heterocycles. The minimum atomic E-state index is 0.0653. The molecule has 1 rings (SSSR count). The van der Waals surface area contributed by atoms with Gasteiger partial charge in [0.15, 0.2) is 0 Å². The number of rotatable bonds is 4. The van der Waals surface area contributed by atoms with E-state index in [4.69, 9.17) is 4.74 Å². The number of carbonyl (C=O) groups is 1. The third kappa shape index (κ3) is 3.98. The molecule has 1 fully saturated rings. The normalized spacial score (nSPS) is 19.8. The summed E-state index contributed by atoms with van der Waals surface area (Å²) in [7, 11) is 1.88. The van der Waals surface area contributed by atoms with E-state index in [1.807, 2.05) is 32.7 Å². The highest BCUT2D eigenvalue weighted by atomic mass is 32.2. The molecule has 0 aromatic rings. The molecule has 1 unspecified atom stereocenters. The first-order valence-electron chi connectivity index (χ1n) is 6.02. The standard InChI is InChI=1S/C12H23NO2S/c1-9(2)13(4)12(14)10(3)16-11-5-7-15-8-6-11/h9-11H,5-8H2,1-4H3. The fourth-order valence-electron chi connectivity index (χ4n) is 1.70. The first kappa shape index (κ1) is 13.8. The van der Waals surface area contributed by atoms with Gasteiger partial charge in [-0.3, -0.25) is 4.79 Å². The average Bonchev–Trinajstić information content (AvgIpc) is 2.28. The zero-order valence-corrected chi connectivity index (χ0v) is 11.5. The van der Waals surface area contributed by atoms with Crippen LogP contribution in [0.15, 0.2) is 0 Å². The van der Waals surface area contributed by atoms with Gasteiger partial charge >= 0.3 is 0 Å². The SMILES string of the molecule is CC(SC1CCOCC1)C(=O)N(C)C(C)C. The second-order valence-electron chi connectivity index (χ2n) is 4.63. The summed E-state index contributed by atoms with van der Waals surface area (Å²) >= 11 is 1.80. The summed E-state index contributed by atoms with van der Waals surface area (Å²) < 4.78 is 5.32. The number of carbonyl (C=O) groups excluding carboxylic acids is 1. The lowest BCUT2D eigenvalue weighted by Crippen LogP contribution is -2.39. The maximum atomic E-state index is 12.0. The molecule has 0 radical (unpaired) electrons. The van der Waals surface area contributed by atoms with Crippen LogP contribution in [-0.2, 0) is 9.53 Å². The summed E-state index contributed by atoms with van der Waals surface area (Å²) in [6, 6.07) is 0.283. The van der Waals surface area contributed by atoms with Gasteiger partial charge < -0.3 is 9.64 Å². The van der Waals surface area contributed by atoms with Gasteiger partial charge in [-0.1, -0.05) is 0 Å². The van der Waals surface area contributed by atoms with Crippen LogP contribution >= 0.6 is 11.8 Å². The van der Waals surface area contributed by atoms with Crippen molar-refractivity contribution in [3.05, 3.63) is 0 Å². The molecule has 0 saturated carbocycles. The van der Waals surface area contributed by atoms with Crippen molar-refractivity contribution in [2.45, 2.75) is 50.2 Å². The molecular formula is C12H23NO2S. The van der Waals surface area contributed by atoms with Gasteiger partial charge in [0.2, 0.25) is 5.91 Å². The van der Waals surface area contributed by atoms with E-state index in [9.17, 15) is 4.79 Å². The molecule has 1 aliphatic heterocycles. The lowest BCUT2D eigenvalue weighted by molar-refractivity contribution is -0.130. The summed E-state index contributed by atoms with van der Waals surface area (Å²) in [5.41, 5.74) is 0. The fraction of sp³-hybridized carbons (Fsp3) is 0.917. The number of hydrogen-bond acceptors (Lipinski definition) is 3. The number of ether oxygens (including phenoxy) is 1. The molecule has 1 aliphatic rings. The summed E-state index contributed by atoms with van der Waals surface area (Å²) in [6.45, 7) is 7.80. The molecule has 0 aromatic heterocycles. The first-order valence-corrected chi connectivity index (χ1v) is 6.96. The number of nitrogens with zero attached hydrogens (tertiary/aromatic N) is 1. The van der Waals surface area contributed by atoms with Crippen molar-refractivity contribution in [2.75, 3.05) is 20.3 Å². The third-order valence-corrected chi connectivity index (χ3v) is 4.50. The average molecular weight is 245 g/mol. The molecule has 0 aliphatic carbocycles. The van der Waals surface area contributed by atoms with Crippen molar-refractivity contribution < 1.29 is 9.53 Å². The summed E-state index contributed by atoms with van der Waals surface area (Å²) in [5.74, 6) is 0.242. The smallest absolute Gasteiger partial charge is 0.235 e. The van der Waals surface area contributed by atoms with Gasteiger partial charge in [-0.05, 0) is 33.6 Å². The minimum Gasteiger partial charge on any atom is -0.381 e. The van der Waals surface area contributed by atoms with Gasteiger partial charge in [0.25, 0.3) is 0 Å². The summed E-state index contributed by atoms with van der Waals surface area (Å²) in [5, 5.41) is 0.656. The van der Waals surface area contributed by atoms with Crippen LogP contribution in [0.1, 0.15) is 33.6 Å². The molecular weight excluding hydrogens is 222 g/mol. The maximum Gasteiger partial charge on any atom is 0.235 e.